The van der Waals surface area contributed by atoms with E-state index in [0.29, 0.717) is 12.6 Å². The summed E-state index contributed by atoms with van der Waals surface area (Å²) in [5, 5.41) is 0. The fraction of sp³-hybridized carbons (Fsp3) is 0.600. The smallest absolute Gasteiger partial charge is 0.161 e. The van der Waals surface area contributed by atoms with Crippen LogP contribution in [-0.2, 0) is 11.3 Å². The average molecular weight is 265 g/mol. The molecule has 0 heterocycles. The van der Waals surface area contributed by atoms with Crippen LogP contribution in [0.5, 0.6) is 11.5 Å². The third-order valence-corrected chi connectivity index (χ3v) is 3.60. The lowest BCUT2D eigenvalue weighted by Gasteiger charge is -2.26. The van der Waals surface area contributed by atoms with E-state index in [4.69, 9.17) is 19.9 Å². The van der Waals surface area contributed by atoms with Crippen molar-refractivity contribution >= 4 is 0 Å². The van der Waals surface area contributed by atoms with Crippen molar-refractivity contribution in [3.8, 4) is 11.5 Å². The molecule has 2 unspecified atom stereocenters. The second-order valence-electron chi connectivity index (χ2n) is 5.05. The van der Waals surface area contributed by atoms with E-state index in [1.165, 1.54) is 0 Å². The topological polar surface area (TPSA) is 53.7 Å². The van der Waals surface area contributed by atoms with Gasteiger partial charge in [0.15, 0.2) is 11.5 Å². The van der Waals surface area contributed by atoms with E-state index in [-0.39, 0.29) is 6.10 Å². The predicted octanol–water partition coefficient (Wildman–Crippen LogP) is 2.49. The van der Waals surface area contributed by atoms with E-state index in [1.807, 2.05) is 18.2 Å². The Morgan fingerprint density at radius 1 is 1.16 bits per heavy atom. The zero-order valence-electron chi connectivity index (χ0n) is 11.7. The van der Waals surface area contributed by atoms with E-state index in [9.17, 15) is 0 Å². The number of nitrogens with two attached hydrogens (primary N) is 1. The minimum absolute atomic E-state index is 0.289. The molecule has 19 heavy (non-hydrogen) atoms. The summed E-state index contributed by atoms with van der Waals surface area (Å²) >= 11 is 0. The minimum Gasteiger partial charge on any atom is -0.493 e. The molecule has 1 fully saturated rings. The van der Waals surface area contributed by atoms with Gasteiger partial charge in [-0.15, -0.1) is 0 Å². The van der Waals surface area contributed by atoms with Gasteiger partial charge in [-0.1, -0.05) is 6.07 Å². The maximum Gasteiger partial charge on any atom is 0.161 e. The molecule has 2 atom stereocenters. The molecule has 0 bridgehead atoms. The fourth-order valence-electron chi connectivity index (χ4n) is 2.52. The lowest BCUT2D eigenvalue weighted by Crippen LogP contribution is -2.32. The highest BCUT2D eigenvalue weighted by Gasteiger charge is 2.19. The van der Waals surface area contributed by atoms with Crippen molar-refractivity contribution in [2.24, 2.45) is 5.73 Å². The first-order valence-corrected chi connectivity index (χ1v) is 6.81. The first-order chi connectivity index (χ1) is 9.22. The van der Waals surface area contributed by atoms with Crippen LogP contribution >= 0.6 is 0 Å². The van der Waals surface area contributed by atoms with Crippen LogP contribution < -0.4 is 15.2 Å². The van der Waals surface area contributed by atoms with Gasteiger partial charge in [-0.05, 0) is 43.4 Å². The molecule has 0 amide bonds. The summed E-state index contributed by atoms with van der Waals surface area (Å²) < 4.78 is 16.4. The summed E-state index contributed by atoms with van der Waals surface area (Å²) in [5.74, 6) is 1.48. The standard InChI is InChI=1S/C15H23NO3/c1-17-14-7-6-11(8-15(14)18-2)10-19-13-5-3-4-12(16)9-13/h6-8,12-13H,3-5,9-10,16H2,1-2H3. The molecule has 2 rings (SSSR count). The van der Waals surface area contributed by atoms with Gasteiger partial charge in [0.05, 0.1) is 26.9 Å². The molecule has 2 N–H and O–H groups in total. The largest absolute Gasteiger partial charge is 0.493 e. The number of methoxy groups -OCH3 is 2. The van der Waals surface area contributed by atoms with E-state index in [1.54, 1.807) is 14.2 Å². The molecule has 1 saturated carbocycles. The Balaban J connectivity index is 1.92. The lowest BCUT2D eigenvalue weighted by atomic mass is 9.93. The molecule has 0 spiro atoms. The Hall–Kier alpha value is -1.26. The molecule has 1 aliphatic rings. The van der Waals surface area contributed by atoms with Gasteiger partial charge in [0.1, 0.15) is 0 Å². The third-order valence-electron chi connectivity index (χ3n) is 3.60. The van der Waals surface area contributed by atoms with Crippen LogP contribution in [0.4, 0.5) is 0 Å². The van der Waals surface area contributed by atoms with Gasteiger partial charge in [0.2, 0.25) is 0 Å². The van der Waals surface area contributed by atoms with Crippen molar-refractivity contribution < 1.29 is 14.2 Å². The van der Waals surface area contributed by atoms with Crippen LogP contribution in [0.1, 0.15) is 31.2 Å². The third kappa shape index (κ3) is 3.85. The highest BCUT2D eigenvalue weighted by molar-refractivity contribution is 5.42. The quantitative estimate of drug-likeness (QED) is 0.888. The summed E-state index contributed by atoms with van der Waals surface area (Å²) in [6.07, 6.45) is 4.65. The summed E-state index contributed by atoms with van der Waals surface area (Å²) in [5.41, 5.74) is 7.06. The molecule has 1 aliphatic carbocycles. The summed E-state index contributed by atoms with van der Waals surface area (Å²) in [4.78, 5) is 0. The van der Waals surface area contributed by atoms with E-state index in [2.05, 4.69) is 0 Å². The van der Waals surface area contributed by atoms with Gasteiger partial charge in [-0.2, -0.15) is 0 Å². The molecule has 4 nitrogen and oxygen atoms in total. The summed E-state index contributed by atoms with van der Waals surface area (Å²) in [7, 11) is 3.28. The van der Waals surface area contributed by atoms with Crippen molar-refractivity contribution in [3.63, 3.8) is 0 Å². The molecule has 0 saturated heterocycles. The van der Waals surface area contributed by atoms with E-state index in [0.717, 1.165) is 42.7 Å². The molecule has 4 heteroatoms. The summed E-state index contributed by atoms with van der Waals surface area (Å²) in [6, 6.07) is 6.17. The fourth-order valence-corrected chi connectivity index (χ4v) is 2.52. The Morgan fingerprint density at radius 3 is 2.63 bits per heavy atom. The first kappa shape index (κ1) is 14.2. The van der Waals surface area contributed by atoms with Crippen LogP contribution in [0, 0.1) is 0 Å². The van der Waals surface area contributed by atoms with E-state index >= 15 is 0 Å². The number of rotatable bonds is 5. The van der Waals surface area contributed by atoms with Crippen molar-refractivity contribution in [2.45, 2.75) is 44.4 Å². The Labute approximate surface area is 114 Å². The van der Waals surface area contributed by atoms with Crippen LogP contribution in [0.2, 0.25) is 0 Å². The molecule has 0 radical (unpaired) electrons. The van der Waals surface area contributed by atoms with Gasteiger partial charge >= 0.3 is 0 Å². The molecule has 1 aromatic rings. The highest BCUT2D eigenvalue weighted by Crippen LogP contribution is 2.28. The SMILES string of the molecule is COc1ccc(COC2CCCC(N)C2)cc1OC. The molecular formula is C15H23NO3. The molecule has 0 aliphatic heterocycles. The summed E-state index contributed by atoms with van der Waals surface area (Å²) in [6.45, 7) is 0.595. The number of ether oxygens (including phenoxy) is 3. The molecule has 106 valence electrons. The van der Waals surface area contributed by atoms with Crippen LogP contribution in [-0.4, -0.2) is 26.4 Å². The Kier molecular flexibility index (Phi) is 5.05. The maximum atomic E-state index is 5.96. The van der Waals surface area contributed by atoms with Crippen molar-refractivity contribution in [1.29, 1.82) is 0 Å². The number of hydrogen-bond acceptors (Lipinski definition) is 4. The van der Waals surface area contributed by atoms with Gasteiger partial charge < -0.3 is 19.9 Å². The Morgan fingerprint density at radius 2 is 1.95 bits per heavy atom. The minimum atomic E-state index is 0.289. The maximum absolute atomic E-state index is 5.96. The first-order valence-electron chi connectivity index (χ1n) is 6.81. The van der Waals surface area contributed by atoms with Crippen molar-refractivity contribution in [3.05, 3.63) is 23.8 Å². The molecule has 0 aromatic heterocycles. The number of hydrogen-bond donors (Lipinski definition) is 1. The second kappa shape index (κ2) is 6.78. The monoisotopic (exact) mass is 265 g/mol. The zero-order chi connectivity index (χ0) is 13.7. The van der Waals surface area contributed by atoms with Crippen LogP contribution in [0.25, 0.3) is 0 Å². The van der Waals surface area contributed by atoms with Gasteiger partial charge in [0, 0.05) is 6.04 Å². The van der Waals surface area contributed by atoms with Crippen molar-refractivity contribution in [1.82, 2.24) is 0 Å². The van der Waals surface area contributed by atoms with Crippen LogP contribution in [0.15, 0.2) is 18.2 Å². The number of benzene rings is 1. The van der Waals surface area contributed by atoms with E-state index < -0.39 is 0 Å². The van der Waals surface area contributed by atoms with Crippen LogP contribution in [0.3, 0.4) is 0 Å². The Bertz CT molecular complexity index is 408. The molecule has 1 aromatic carbocycles. The van der Waals surface area contributed by atoms with Gasteiger partial charge in [0.25, 0.3) is 0 Å². The predicted molar refractivity (Wildman–Crippen MR) is 74.6 cm³/mol. The lowest BCUT2D eigenvalue weighted by molar-refractivity contribution is 0.0122. The molecular weight excluding hydrogens is 242 g/mol. The highest BCUT2D eigenvalue weighted by atomic mass is 16.5. The van der Waals surface area contributed by atoms with Gasteiger partial charge in [-0.3, -0.25) is 0 Å². The average Bonchev–Trinajstić information content (AvgIpc) is 2.45. The van der Waals surface area contributed by atoms with Gasteiger partial charge in [-0.25, -0.2) is 0 Å². The zero-order valence-corrected chi connectivity index (χ0v) is 11.7. The second-order valence-corrected chi connectivity index (χ2v) is 5.05. The normalized spacial score (nSPS) is 23.1. The van der Waals surface area contributed by atoms with Crippen molar-refractivity contribution in [2.75, 3.05) is 14.2 Å².